The van der Waals surface area contributed by atoms with Crippen molar-refractivity contribution in [1.29, 1.82) is 0 Å². The normalized spacial score (nSPS) is 14.7. The van der Waals surface area contributed by atoms with Crippen molar-refractivity contribution in [3.63, 3.8) is 0 Å². The van der Waals surface area contributed by atoms with E-state index in [1.165, 1.54) is 24.2 Å². The SMILES string of the molecule is COc1ccc(N2C(=O)/C(=C\c3ccc(OC(=O)c4cccc(Cl)c4)cc3)C(=O)NC2=S)cc1. The van der Waals surface area contributed by atoms with E-state index in [9.17, 15) is 14.4 Å². The van der Waals surface area contributed by atoms with Gasteiger partial charge in [-0.1, -0.05) is 29.8 Å². The van der Waals surface area contributed by atoms with E-state index in [1.54, 1.807) is 66.7 Å². The summed E-state index contributed by atoms with van der Waals surface area (Å²) in [5.74, 6) is -0.798. The molecule has 1 N–H and O–H groups in total. The Morgan fingerprint density at radius 3 is 2.32 bits per heavy atom. The number of thiocarbonyl (C=S) groups is 1. The number of methoxy groups -OCH3 is 1. The third-order valence-corrected chi connectivity index (χ3v) is 5.41. The summed E-state index contributed by atoms with van der Waals surface area (Å²) in [5.41, 5.74) is 1.28. The number of nitrogens with zero attached hydrogens (tertiary/aromatic N) is 1. The minimum Gasteiger partial charge on any atom is -0.497 e. The fourth-order valence-electron chi connectivity index (χ4n) is 3.20. The van der Waals surface area contributed by atoms with Crippen LogP contribution >= 0.6 is 23.8 Å². The third-order valence-electron chi connectivity index (χ3n) is 4.89. The van der Waals surface area contributed by atoms with E-state index in [1.807, 2.05) is 0 Å². The second kappa shape index (κ2) is 9.86. The Kier molecular flexibility index (Phi) is 6.72. The topological polar surface area (TPSA) is 84.9 Å². The molecule has 1 heterocycles. The number of ether oxygens (including phenoxy) is 2. The number of carbonyl (C=O) groups excluding carboxylic acids is 3. The van der Waals surface area contributed by atoms with Crippen LogP contribution in [0, 0.1) is 0 Å². The highest BCUT2D eigenvalue weighted by Crippen LogP contribution is 2.25. The van der Waals surface area contributed by atoms with Gasteiger partial charge in [0.05, 0.1) is 18.4 Å². The summed E-state index contributed by atoms with van der Waals surface area (Å²) < 4.78 is 10.5. The first-order chi connectivity index (χ1) is 16.4. The maximum absolute atomic E-state index is 13.1. The molecule has 9 heteroatoms. The van der Waals surface area contributed by atoms with Crippen LogP contribution in [0.25, 0.3) is 6.08 Å². The summed E-state index contributed by atoms with van der Waals surface area (Å²) in [4.78, 5) is 39.1. The number of anilines is 1. The highest BCUT2D eigenvalue weighted by molar-refractivity contribution is 7.80. The lowest BCUT2D eigenvalue weighted by Crippen LogP contribution is -2.54. The second-order valence-corrected chi connectivity index (χ2v) is 7.95. The summed E-state index contributed by atoms with van der Waals surface area (Å²) in [6.45, 7) is 0. The van der Waals surface area contributed by atoms with E-state index < -0.39 is 17.8 Å². The Labute approximate surface area is 205 Å². The lowest BCUT2D eigenvalue weighted by molar-refractivity contribution is -0.122. The van der Waals surface area contributed by atoms with Crippen molar-refractivity contribution in [1.82, 2.24) is 5.32 Å². The summed E-state index contributed by atoms with van der Waals surface area (Å²) >= 11 is 11.1. The van der Waals surface area contributed by atoms with Crippen molar-refractivity contribution < 1.29 is 23.9 Å². The summed E-state index contributed by atoms with van der Waals surface area (Å²) in [6, 6.07) is 19.5. The molecule has 0 radical (unpaired) electrons. The van der Waals surface area contributed by atoms with Gasteiger partial charge in [0.25, 0.3) is 11.8 Å². The first kappa shape index (κ1) is 23.2. The van der Waals surface area contributed by atoms with Crippen LogP contribution in [0.2, 0.25) is 5.02 Å². The molecule has 0 saturated carbocycles. The van der Waals surface area contributed by atoms with Gasteiger partial charge < -0.3 is 9.47 Å². The number of nitrogens with one attached hydrogen (secondary N) is 1. The average Bonchev–Trinajstić information content (AvgIpc) is 2.83. The zero-order chi connectivity index (χ0) is 24.2. The van der Waals surface area contributed by atoms with Crippen molar-refractivity contribution in [2.24, 2.45) is 0 Å². The van der Waals surface area contributed by atoms with Gasteiger partial charge in [-0.05, 0) is 78.5 Å². The molecule has 7 nitrogen and oxygen atoms in total. The summed E-state index contributed by atoms with van der Waals surface area (Å²) in [5, 5.41) is 2.95. The number of carbonyl (C=O) groups is 3. The average molecular weight is 493 g/mol. The highest BCUT2D eigenvalue weighted by atomic mass is 35.5. The van der Waals surface area contributed by atoms with Gasteiger partial charge in [0, 0.05) is 5.02 Å². The molecule has 4 rings (SSSR count). The van der Waals surface area contributed by atoms with E-state index in [-0.39, 0.29) is 10.7 Å². The number of benzene rings is 3. The van der Waals surface area contributed by atoms with Gasteiger partial charge in [-0.15, -0.1) is 0 Å². The Morgan fingerprint density at radius 1 is 1.00 bits per heavy atom. The van der Waals surface area contributed by atoms with E-state index in [0.29, 0.717) is 33.3 Å². The molecular weight excluding hydrogens is 476 g/mol. The van der Waals surface area contributed by atoms with Gasteiger partial charge in [0.1, 0.15) is 17.1 Å². The smallest absolute Gasteiger partial charge is 0.343 e. The standard InChI is InChI=1S/C25H17ClN2O5S/c1-32-19-11-7-18(8-12-19)28-23(30)21(22(29)27-25(28)34)13-15-5-9-20(10-6-15)33-24(31)16-3-2-4-17(26)14-16/h2-14H,1H3,(H,27,29,34)/b21-13-. The maximum Gasteiger partial charge on any atom is 0.343 e. The van der Waals surface area contributed by atoms with Crippen LogP contribution in [0.5, 0.6) is 11.5 Å². The van der Waals surface area contributed by atoms with Crippen molar-refractivity contribution in [3.05, 3.63) is 94.5 Å². The second-order valence-electron chi connectivity index (χ2n) is 7.12. The highest BCUT2D eigenvalue weighted by Gasteiger charge is 2.34. The van der Waals surface area contributed by atoms with Gasteiger partial charge in [-0.3, -0.25) is 19.8 Å². The monoisotopic (exact) mass is 492 g/mol. The summed E-state index contributed by atoms with van der Waals surface area (Å²) in [6.07, 6.45) is 1.44. The van der Waals surface area contributed by atoms with Crippen LogP contribution in [0.1, 0.15) is 15.9 Å². The molecule has 0 unspecified atom stereocenters. The lowest BCUT2D eigenvalue weighted by atomic mass is 10.1. The van der Waals surface area contributed by atoms with Gasteiger partial charge in [-0.2, -0.15) is 0 Å². The maximum atomic E-state index is 13.1. The van der Waals surface area contributed by atoms with Crippen molar-refractivity contribution in [3.8, 4) is 11.5 Å². The van der Waals surface area contributed by atoms with Gasteiger partial charge in [0.2, 0.25) is 0 Å². The van der Waals surface area contributed by atoms with Crippen LogP contribution in [-0.2, 0) is 9.59 Å². The Bertz CT molecular complexity index is 1320. The van der Waals surface area contributed by atoms with Crippen LogP contribution in [-0.4, -0.2) is 30.0 Å². The molecule has 2 amide bonds. The summed E-state index contributed by atoms with van der Waals surface area (Å²) in [7, 11) is 1.54. The molecule has 0 aromatic heterocycles. The largest absolute Gasteiger partial charge is 0.497 e. The number of amides is 2. The van der Waals surface area contributed by atoms with Crippen LogP contribution in [0.3, 0.4) is 0 Å². The van der Waals surface area contributed by atoms with E-state index in [2.05, 4.69) is 5.32 Å². The number of halogens is 1. The third kappa shape index (κ3) is 4.98. The number of esters is 1. The van der Waals surface area contributed by atoms with E-state index >= 15 is 0 Å². The molecule has 1 fully saturated rings. The predicted octanol–water partition coefficient (Wildman–Crippen LogP) is 4.40. The fourth-order valence-corrected chi connectivity index (χ4v) is 3.67. The van der Waals surface area contributed by atoms with Crippen LogP contribution in [0.4, 0.5) is 5.69 Å². The van der Waals surface area contributed by atoms with Crippen molar-refractivity contribution in [2.75, 3.05) is 12.0 Å². The van der Waals surface area contributed by atoms with Crippen molar-refractivity contribution in [2.45, 2.75) is 0 Å². The molecule has 170 valence electrons. The van der Waals surface area contributed by atoms with Crippen LogP contribution < -0.4 is 19.7 Å². The van der Waals surface area contributed by atoms with Gasteiger partial charge in [0.15, 0.2) is 5.11 Å². The minimum atomic E-state index is -0.601. The molecule has 3 aromatic rings. The molecule has 1 saturated heterocycles. The Balaban J connectivity index is 1.53. The number of hydrogen-bond donors (Lipinski definition) is 1. The number of hydrogen-bond acceptors (Lipinski definition) is 6. The van der Waals surface area contributed by atoms with E-state index in [0.717, 1.165) is 0 Å². The van der Waals surface area contributed by atoms with Crippen LogP contribution in [0.15, 0.2) is 78.4 Å². The predicted molar refractivity (Wildman–Crippen MR) is 132 cm³/mol. The first-order valence-electron chi connectivity index (χ1n) is 9.99. The molecule has 0 atom stereocenters. The Hall–Kier alpha value is -4.01. The molecular formula is C25H17ClN2O5S. The van der Waals surface area contributed by atoms with Gasteiger partial charge >= 0.3 is 5.97 Å². The molecule has 0 spiro atoms. The Morgan fingerprint density at radius 2 is 1.68 bits per heavy atom. The molecule has 3 aromatic carbocycles. The zero-order valence-electron chi connectivity index (χ0n) is 17.8. The molecule has 34 heavy (non-hydrogen) atoms. The number of rotatable bonds is 5. The molecule has 0 bridgehead atoms. The van der Waals surface area contributed by atoms with Gasteiger partial charge in [-0.25, -0.2) is 4.79 Å². The lowest BCUT2D eigenvalue weighted by Gasteiger charge is -2.29. The zero-order valence-corrected chi connectivity index (χ0v) is 19.4. The van der Waals surface area contributed by atoms with Crippen molar-refractivity contribution >= 4 is 58.5 Å². The molecule has 0 aliphatic carbocycles. The minimum absolute atomic E-state index is 0.0133. The fraction of sp³-hybridized carbons (Fsp3) is 0.0400. The first-order valence-corrected chi connectivity index (χ1v) is 10.8. The van der Waals surface area contributed by atoms with E-state index in [4.69, 9.17) is 33.3 Å². The molecule has 1 aliphatic heterocycles. The quantitative estimate of drug-likeness (QED) is 0.187. The molecule has 1 aliphatic rings.